The first-order chi connectivity index (χ1) is 10.9. The Morgan fingerprint density at radius 1 is 1.17 bits per heavy atom. The van der Waals surface area contributed by atoms with Gasteiger partial charge in [0.2, 0.25) is 0 Å². The number of guanidine groups is 1. The number of ether oxygens (including phenoxy) is 1. The zero-order valence-electron chi connectivity index (χ0n) is 12.4. The molecule has 0 aliphatic rings. The summed E-state index contributed by atoms with van der Waals surface area (Å²) in [5.41, 5.74) is 6.17. The van der Waals surface area contributed by atoms with Crippen molar-refractivity contribution >= 4 is 11.6 Å². The van der Waals surface area contributed by atoms with E-state index in [2.05, 4.69) is 10.3 Å². The van der Waals surface area contributed by atoms with E-state index in [1.165, 1.54) is 6.07 Å². The van der Waals surface area contributed by atoms with Gasteiger partial charge in [-0.25, -0.2) is 4.99 Å². The summed E-state index contributed by atoms with van der Waals surface area (Å²) in [6.45, 7) is 0.0545. The van der Waals surface area contributed by atoms with E-state index >= 15 is 0 Å². The number of hydrogen-bond acceptors (Lipinski definition) is 2. The third-order valence-corrected chi connectivity index (χ3v) is 3.05. The van der Waals surface area contributed by atoms with Crippen LogP contribution in [0.5, 0.6) is 5.75 Å². The molecule has 0 aromatic heterocycles. The van der Waals surface area contributed by atoms with E-state index in [-0.39, 0.29) is 12.5 Å². The molecular weight excluding hydrogens is 307 g/mol. The third-order valence-electron chi connectivity index (χ3n) is 3.05. The number of halogens is 3. The monoisotopic (exact) mass is 323 g/mol. The molecule has 0 atom stereocenters. The molecule has 0 aliphatic carbocycles. The topological polar surface area (TPSA) is 59.6 Å². The van der Waals surface area contributed by atoms with Crippen molar-refractivity contribution in [2.24, 2.45) is 10.7 Å². The maximum atomic E-state index is 12.6. The van der Waals surface area contributed by atoms with Crippen LogP contribution in [-0.4, -0.2) is 13.1 Å². The quantitative estimate of drug-likeness (QED) is 0.667. The molecule has 0 bridgehead atoms. The molecule has 7 heteroatoms. The minimum atomic E-state index is -4.37. The number of anilines is 1. The summed E-state index contributed by atoms with van der Waals surface area (Å²) in [5.74, 6) is 0.822. The average molecular weight is 323 g/mol. The number of aliphatic imine (C=N–C) groups is 1. The van der Waals surface area contributed by atoms with Gasteiger partial charge in [-0.15, -0.1) is 0 Å². The van der Waals surface area contributed by atoms with E-state index < -0.39 is 11.7 Å². The molecule has 122 valence electrons. The number of methoxy groups -OCH3 is 1. The average Bonchev–Trinajstić information content (AvgIpc) is 2.53. The van der Waals surface area contributed by atoms with Gasteiger partial charge in [0.05, 0.1) is 19.2 Å². The molecule has 0 aliphatic heterocycles. The van der Waals surface area contributed by atoms with Gasteiger partial charge < -0.3 is 15.8 Å². The number of rotatable bonds is 4. The van der Waals surface area contributed by atoms with Gasteiger partial charge in [0.1, 0.15) is 5.75 Å². The highest BCUT2D eigenvalue weighted by Crippen LogP contribution is 2.29. The number of nitrogens with zero attached hydrogens (tertiary/aromatic N) is 1. The second-order valence-corrected chi connectivity index (χ2v) is 4.75. The summed E-state index contributed by atoms with van der Waals surface area (Å²) in [5, 5.41) is 2.86. The lowest BCUT2D eigenvalue weighted by molar-refractivity contribution is -0.137. The number of nitrogens with one attached hydrogen (secondary N) is 1. The predicted octanol–water partition coefficient (Wildman–Crippen LogP) is 3.64. The molecule has 0 fully saturated rings. The molecule has 2 aromatic rings. The third kappa shape index (κ3) is 4.91. The molecule has 0 amide bonds. The molecule has 2 aromatic carbocycles. The van der Waals surface area contributed by atoms with E-state index in [9.17, 15) is 13.2 Å². The zero-order chi connectivity index (χ0) is 16.9. The maximum Gasteiger partial charge on any atom is 0.416 e. The van der Waals surface area contributed by atoms with Crippen molar-refractivity contribution in [3.63, 3.8) is 0 Å². The lowest BCUT2D eigenvalue weighted by atomic mass is 10.1. The fourth-order valence-corrected chi connectivity index (χ4v) is 1.88. The highest BCUT2D eigenvalue weighted by Gasteiger charge is 2.30. The first-order valence-electron chi connectivity index (χ1n) is 6.75. The molecule has 0 saturated heterocycles. The van der Waals surface area contributed by atoms with E-state index in [4.69, 9.17) is 10.5 Å². The van der Waals surface area contributed by atoms with Crippen molar-refractivity contribution in [3.05, 3.63) is 59.7 Å². The Kier molecular flexibility index (Phi) is 5.10. The van der Waals surface area contributed by atoms with Gasteiger partial charge in [0.25, 0.3) is 0 Å². The van der Waals surface area contributed by atoms with Crippen LogP contribution in [0.25, 0.3) is 0 Å². The summed E-state index contributed by atoms with van der Waals surface area (Å²) in [4.78, 5) is 4.04. The standard InChI is InChI=1S/C16H16F3N3O/c1-23-14-7-5-13(6-8-14)22-15(20)21-10-11-3-2-4-12(9-11)16(17,18)19/h2-9H,10H2,1H3,(H3,20,21,22). The molecule has 0 spiro atoms. The van der Waals surface area contributed by atoms with Gasteiger partial charge >= 0.3 is 6.18 Å². The van der Waals surface area contributed by atoms with Crippen LogP contribution in [0.4, 0.5) is 18.9 Å². The van der Waals surface area contributed by atoms with Gasteiger partial charge in [0, 0.05) is 5.69 Å². The van der Waals surface area contributed by atoms with E-state index in [0.717, 1.165) is 12.1 Å². The number of hydrogen-bond donors (Lipinski definition) is 2. The lowest BCUT2D eigenvalue weighted by Gasteiger charge is -2.09. The fourth-order valence-electron chi connectivity index (χ4n) is 1.88. The lowest BCUT2D eigenvalue weighted by Crippen LogP contribution is -2.22. The largest absolute Gasteiger partial charge is 0.497 e. The fraction of sp³-hybridized carbons (Fsp3) is 0.188. The first kappa shape index (κ1) is 16.7. The van der Waals surface area contributed by atoms with Crippen LogP contribution in [0, 0.1) is 0 Å². The van der Waals surface area contributed by atoms with Crippen molar-refractivity contribution in [1.82, 2.24) is 0 Å². The Bertz CT molecular complexity index is 682. The molecule has 3 N–H and O–H groups in total. The van der Waals surface area contributed by atoms with Gasteiger partial charge in [-0.3, -0.25) is 0 Å². The van der Waals surface area contributed by atoms with E-state index in [1.807, 2.05) is 0 Å². The molecule has 23 heavy (non-hydrogen) atoms. The SMILES string of the molecule is COc1ccc(NC(N)=NCc2cccc(C(F)(F)F)c2)cc1. The second-order valence-electron chi connectivity index (χ2n) is 4.75. The maximum absolute atomic E-state index is 12.6. The van der Waals surface area contributed by atoms with Crippen LogP contribution in [0.15, 0.2) is 53.5 Å². The van der Waals surface area contributed by atoms with Crippen LogP contribution in [0.3, 0.4) is 0 Å². The Morgan fingerprint density at radius 2 is 1.87 bits per heavy atom. The van der Waals surface area contributed by atoms with Gasteiger partial charge in [0.15, 0.2) is 5.96 Å². The normalized spacial score (nSPS) is 12.1. The van der Waals surface area contributed by atoms with E-state index in [0.29, 0.717) is 17.0 Å². The smallest absolute Gasteiger partial charge is 0.416 e. The van der Waals surface area contributed by atoms with Crippen LogP contribution in [-0.2, 0) is 12.7 Å². The van der Waals surface area contributed by atoms with Crippen LogP contribution in [0.1, 0.15) is 11.1 Å². The Labute approximate surface area is 131 Å². The summed E-state index contributed by atoms with van der Waals surface area (Å²) < 4.78 is 42.9. The molecule has 0 radical (unpaired) electrons. The van der Waals surface area contributed by atoms with Gasteiger partial charge in [-0.2, -0.15) is 13.2 Å². The highest BCUT2D eigenvalue weighted by molar-refractivity contribution is 5.92. The molecule has 0 unspecified atom stereocenters. The molecule has 0 heterocycles. The molecule has 0 saturated carbocycles. The van der Waals surface area contributed by atoms with Crippen molar-refractivity contribution in [2.75, 3.05) is 12.4 Å². The summed E-state index contributed by atoms with van der Waals surface area (Å²) >= 11 is 0. The van der Waals surface area contributed by atoms with Gasteiger partial charge in [-0.05, 0) is 42.0 Å². The Morgan fingerprint density at radius 3 is 2.48 bits per heavy atom. The summed E-state index contributed by atoms with van der Waals surface area (Å²) in [6.07, 6.45) is -4.37. The van der Waals surface area contributed by atoms with Gasteiger partial charge in [-0.1, -0.05) is 12.1 Å². The number of alkyl halides is 3. The minimum absolute atomic E-state index is 0.0545. The second kappa shape index (κ2) is 7.04. The minimum Gasteiger partial charge on any atom is -0.497 e. The Balaban J connectivity index is 2.01. The summed E-state index contributed by atoms with van der Waals surface area (Å²) in [7, 11) is 1.56. The van der Waals surface area contributed by atoms with E-state index in [1.54, 1.807) is 37.4 Å². The zero-order valence-corrected chi connectivity index (χ0v) is 12.4. The van der Waals surface area contributed by atoms with Crippen molar-refractivity contribution in [3.8, 4) is 5.75 Å². The van der Waals surface area contributed by atoms with Crippen LogP contribution in [0.2, 0.25) is 0 Å². The van der Waals surface area contributed by atoms with Crippen molar-refractivity contribution in [2.45, 2.75) is 12.7 Å². The number of nitrogens with two attached hydrogens (primary N) is 1. The summed E-state index contributed by atoms with van der Waals surface area (Å²) in [6, 6.07) is 12.0. The van der Waals surface area contributed by atoms with Crippen LogP contribution >= 0.6 is 0 Å². The Hall–Kier alpha value is -2.70. The van der Waals surface area contributed by atoms with Crippen molar-refractivity contribution in [1.29, 1.82) is 0 Å². The predicted molar refractivity (Wildman–Crippen MR) is 83.4 cm³/mol. The van der Waals surface area contributed by atoms with Crippen molar-refractivity contribution < 1.29 is 17.9 Å². The molecule has 4 nitrogen and oxygen atoms in total. The first-order valence-corrected chi connectivity index (χ1v) is 6.75. The van der Waals surface area contributed by atoms with Crippen LogP contribution < -0.4 is 15.8 Å². The molecular formula is C16H16F3N3O. The molecule has 2 rings (SSSR count). The highest BCUT2D eigenvalue weighted by atomic mass is 19.4. The number of benzene rings is 2.